The molecule has 4 heteroatoms. The maximum atomic E-state index is 11.7. The Labute approximate surface area is 79.0 Å². The summed E-state index contributed by atoms with van der Waals surface area (Å²) >= 11 is 0. The van der Waals surface area contributed by atoms with Gasteiger partial charge in [-0.3, -0.25) is 4.79 Å². The lowest BCUT2D eigenvalue weighted by Gasteiger charge is -2.36. The standard InChI is InChI=1S/C9H18N2O2/c1-11(7-4-3-5-7)9(12)8(6-10)13-2/h7-8H,3-6,10H2,1-2H3. The molecule has 0 aromatic carbocycles. The Balaban J connectivity index is 2.44. The molecule has 0 radical (unpaired) electrons. The second-order valence-electron chi connectivity index (χ2n) is 3.49. The summed E-state index contributed by atoms with van der Waals surface area (Å²) < 4.78 is 4.98. The zero-order valence-electron chi connectivity index (χ0n) is 8.32. The number of amides is 1. The van der Waals surface area contributed by atoms with Crippen molar-refractivity contribution in [2.75, 3.05) is 20.7 Å². The number of hydrogen-bond acceptors (Lipinski definition) is 3. The van der Waals surface area contributed by atoms with Crippen LogP contribution in [0.15, 0.2) is 0 Å². The van der Waals surface area contributed by atoms with Gasteiger partial charge in [0.15, 0.2) is 0 Å². The highest BCUT2D eigenvalue weighted by molar-refractivity contribution is 5.81. The van der Waals surface area contributed by atoms with Crippen molar-refractivity contribution in [1.29, 1.82) is 0 Å². The summed E-state index contributed by atoms with van der Waals surface area (Å²) in [5.74, 6) is 0.00898. The van der Waals surface area contributed by atoms with E-state index in [0.29, 0.717) is 6.04 Å². The number of rotatable bonds is 4. The Kier molecular flexibility index (Phi) is 3.69. The van der Waals surface area contributed by atoms with Crippen LogP contribution in [0.25, 0.3) is 0 Å². The molecule has 0 aromatic rings. The number of ether oxygens (including phenoxy) is 1. The minimum absolute atomic E-state index is 0.00898. The van der Waals surface area contributed by atoms with Crippen molar-refractivity contribution in [3.05, 3.63) is 0 Å². The van der Waals surface area contributed by atoms with E-state index in [1.807, 2.05) is 7.05 Å². The first-order chi connectivity index (χ1) is 6.20. The van der Waals surface area contributed by atoms with E-state index >= 15 is 0 Å². The number of likely N-dealkylation sites (N-methyl/N-ethyl adjacent to an activating group) is 1. The molecule has 0 aliphatic heterocycles. The molecular formula is C9H18N2O2. The lowest BCUT2D eigenvalue weighted by Crippen LogP contribution is -2.48. The molecule has 1 saturated carbocycles. The SMILES string of the molecule is COC(CN)C(=O)N(C)C1CCC1. The average Bonchev–Trinajstić information content (AvgIpc) is 2.03. The van der Waals surface area contributed by atoms with Crippen molar-refractivity contribution in [3.8, 4) is 0 Å². The highest BCUT2D eigenvalue weighted by Crippen LogP contribution is 2.23. The van der Waals surface area contributed by atoms with E-state index in [1.54, 1.807) is 4.90 Å². The third-order valence-electron chi connectivity index (χ3n) is 2.74. The molecule has 0 spiro atoms. The molecule has 1 rings (SSSR count). The summed E-state index contributed by atoms with van der Waals surface area (Å²) in [5, 5.41) is 0. The Hall–Kier alpha value is -0.610. The van der Waals surface area contributed by atoms with E-state index in [0.717, 1.165) is 12.8 Å². The predicted molar refractivity (Wildman–Crippen MR) is 50.3 cm³/mol. The smallest absolute Gasteiger partial charge is 0.252 e. The Bertz CT molecular complexity index is 176. The highest BCUT2D eigenvalue weighted by atomic mass is 16.5. The third kappa shape index (κ3) is 2.19. The monoisotopic (exact) mass is 186 g/mol. The van der Waals surface area contributed by atoms with Crippen molar-refractivity contribution in [3.63, 3.8) is 0 Å². The molecule has 1 aliphatic rings. The maximum Gasteiger partial charge on any atom is 0.252 e. The van der Waals surface area contributed by atoms with E-state index in [-0.39, 0.29) is 12.5 Å². The zero-order valence-corrected chi connectivity index (χ0v) is 8.32. The fourth-order valence-electron chi connectivity index (χ4n) is 1.48. The molecule has 0 saturated heterocycles. The van der Waals surface area contributed by atoms with Gasteiger partial charge in [-0.1, -0.05) is 0 Å². The minimum Gasteiger partial charge on any atom is -0.370 e. The van der Waals surface area contributed by atoms with Crippen molar-refractivity contribution < 1.29 is 9.53 Å². The second-order valence-corrected chi connectivity index (χ2v) is 3.49. The van der Waals surface area contributed by atoms with Gasteiger partial charge in [-0.05, 0) is 19.3 Å². The van der Waals surface area contributed by atoms with E-state index in [1.165, 1.54) is 13.5 Å². The lowest BCUT2D eigenvalue weighted by atomic mass is 9.91. The van der Waals surface area contributed by atoms with Gasteiger partial charge in [-0.15, -0.1) is 0 Å². The summed E-state index contributed by atoms with van der Waals surface area (Å²) in [7, 11) is 3.35. The number of carbonyl (C=O) groups excluding carboxylic acids is 1. The van der Waals surface area contributed by atoms with Crippen LogP contribution in [0.5, 0.6) is 0 Å². The molecule has 4 nitrogen and oxygen atoms in total. The van der Waals surface area contributed by atoms with E-state index in [2.05, 4.69) is 0 Å². The molecule has 1 amide bonds. The van der Waals surface area contributed by atoms with Gasteiger partial charge in [-0.2, -0.15) is 0 Å². The van der Waals surface area contributed by atoms with E-state index < -0.39 is 6.10 Å². The summed E-state index contributed by atoms with van der Waals surface area (Å²) in [4.78, 5) is 13.4. The molecular weight excluding hydrogens is 168 g/mol. The predicted octanol–water partition coefficient (Wildman–Crippen LogP) is -0.0290. The van der Waals surface area contributed by atoms with Crippen molar-refractivity contribution >= 4 is 5.91 Å². The van der Waals surface area contributed by atoms with Crippen LogP contribution in [0.1, 0.15) is 19.3 Å². The largest absolute Gasteiger partial charge is 0.370 e. The first-order valence-corrected chi connectivity index (χ1v) is 4.70. The van der Waals surface area contributed by atoms with Gasteiger partial charge >= 0.3 is 0 Å². The number of carbonyl (C=O) groups is 1. The second kappa shape index (κ2) is 4.58. The zero-order chi connectivity index (χ0) is 9.84. The van der Waals surface area contributed by atoms with Gasteiger partial charge in [0, 0.05) is 26.7 Å². The average molecular weight is 186 g/mol. The molecule has 0 aromatic heterocycles. The molecule has 0 heterocycles. The fourth-order valence-corrected chi connectivity index (χ4v) is 1.48. The summed E-state index contributed by atoms with van der Waals surface area (Å²) in [6.07, 6.45) is 2.99. The summed E-state index contributed by atoms with van der Waals surface area (Å²) in [6.45, 7) is 0.256. The molecule has 2 N–H and O–H groups in total. The Morgan fingerprint density at radius 2 is 2.31 bits per heavy atom. The van der Waals surface area contributed by atoms with Crippen LogP contribution < -0.4 is 5.73 Å². The van der Waals surface area contributed by atoms with Gasteiger partial charge < -0.3 is 15.4 Å². The van der Waals surface area contributed by atoms with Crippen LogP contribution in [0, 0.1) is 0 Å². The maximum absolute atomic E-state index is 11.7. The van der Waals surface area contributed by atoms with Gasteiger partial charge in [0.1, 0.15) is 6.10 Å². The normalized spacial score (nSPS) is 19.3. The minimum atomic E-state index is -0.467. The van der Waals surface area contributed by atoms with Gasteiger partial charge in [0.2, 0.25) is 0 Å². The third-order valence-corrected chi connectivity index (χ3v) is 2.74. The molecule has 13 heavy (non-hydrogen) atoms. The molecule has 1 atom stereocenters. The van der Waals surface area contributed by atoms with Crippen LogP contribution >= 0.6 is 0 Å². The first-order valence-electron chi connectivity index (χ1n) is 4.70. The van der Waals surface area contributed by atoms with Crippen LogP contribution in [-0.2, 0) is 9.53 Å². The van der Waals surface area contributed by atoms with Crippen molar-refractivity contribution in [2.45, 2.75) is 31.4 Å². The summed E-state index contributed by atoms with van der Waals surface area (Å²) in [6, 6.07) is 0.414. The lowest BCUT2D eigenvalue weighted by molar-refractivity contribution is -0.143. The number of methoxy groups -OCH3 is 1. The van der Waals surface area contributed by atoms with Crippen LogP contribution in [0.2, 0.25) is 0 Å². The fraction of sp³-hybridized carbons (Fsp3) is 0.889. The molecule has 1 unspecified atom stereocenters. The molecule has 0 bridgehead atoms. The topological polar surface area (TPSA) is 55.6 Å². The highest BCUT2D eigenvalue weighted by Gasteiger charge is 2.29. The van der Waals surface area contributed by atoms with Crippen LogP contribution in [0.3, 0.4) is 0 Å². The van der Waals surface area contributed by atoms with Gasteiger partial charge in [0.05, 0.1) is 0 Å². The van der Waals surface area contributed by atoms with Crippen LogP contribution in [0.4, 0.5) is 0 Å². The Morgan fingerprint density at radius 1 is 1.69 bits per heavy atom. The number of nitrogens with two attached hydrogens (primary N) is 1. The first kappa shape index (κ1) is 10.5. The van der Waals surface area contributed by atoms with Crippen molar-refractivity contribution in [1.82, 2.24) is 4.90 Å². The molecule has 1 fully saturated rings. The molecule has 76 valence electrons. The Morgan fingerprint density at radius 3 is 2.62 bits per heavy atom. The molecule has 1 aliphatic carbocycles. The van der Waals surface area contributed by atoms with E-state index in [4.69, 9.17) is 10.5 Å². The van der Waals surface area contributed by atoms with Gasteiger partial charge in [0.25, 0.3) is 5.91 Å². The number of hydrogen-bond donors (Lipinski definition) is 1. The van der Waals surface area contributed by atoms with E-state index in [9.17, 15) is 4.79 Å². The quantitative estimate of drug-likeness (QED) is 0.671. The number of nitrogens with zero attached hydrogens (tertiary/aromatic N) is 1. The van der Waals surface area contributed by atoms with Crippen molar-refractivity contribution in [2.24, 2.45) is 5.73 Å². The van der Waals surface area contributed by atoms with Gasteiger partial charge in [-0.25, -0.2) is 0 Å². The van der Waals surface area contributed by atoms with Crippen LogP contribution in [-0.4, -0.2) is 43.7 Å². The summed E-state index contributed by atoms with van der Waals surface area (Å²) in [5.41, 5.74) is 5.41.